The van der Waals surface area contributed by atoms with Crippen LogP contribution in [0.3, 0.4) is 0 Å². The topological polar surface area (TPSA) is 43.3 Å². The zero-order valence-electron chi connectivity index (χ0n) is 17.2. The highest BCUT2D eigenvalue weighted by Crippen LogP contribution is 2.28. The van der Waals surface area contributed by atoms with Gasteiger partial charge in [-0.3, -0.25) is 0 Å². The van der Waals surface area contributed by atoms with Crippen LogP contribution in [0.15, 0.2) is 29.4 Å². The molecular formula is C21H34N2O3. The van der Waals surface area contributed by atoms with Crippen molar-refractivity contribution < 1.29 is 14.3 Å². The number of aryl methyl sites for hydroxylation is 2. The Hall–Kier alpha value is -2.01. The lowest BCUT2D eigenvalue weighted by Crippen LogP contribution is -2.27. The first-order chi connectivity index (χ1) is 12.5. The van der Waals surface area contributed by atoms with E-state index in [1.807, 2.05) is 31.2 Å². The SMILES string of the molecule is C/C=C/COc1cc(C)c(OCCCN(C)C/C(CC)=N/OC)c(C)c1. The summed E-state index contributed by atoms with van der Waals surface area (Å²) < 4.78 is 11.7. The summed E-state index contributed by atoms with van der Waals surface area (Å²) in [6.45, 7) is 11.2. The van der Waals surface area contributed by atoms with Gasteiger partial charge in [0.15, 0.2) is 0 Å². The lowest BCUT2D eigenvalue weighted by Gasteiger charge is -2.18. The molecule has 0 bridgehead atoms. The van der Waals surface area contributed by atoms with Gasteiger partial charge in [0.2, 0.25) is 0 Å². The maximum Gasteiger partial charge on any atom is 0.125 e. The molecule has 0 aliphatic heterocycles. The van der Waals surface area contributed by atoms with Crippen molar-refractivity contribution in [3.8, 4) is 11.5 Å². The average molecular weight is 363 g/mol. The molecule has 0 unspecified atom stereocenters. The van der Waals surface area contributed by atoms with E-state index in [0.29, 0.717) is 13.2 Å². The minimum Gasteiger partial charge on any atom is -0.493 e. The molecule has 1 aromatic rings. The Morgan fingerprint density at radius 2 is 1.88 bits per heavy atom. The Kier molecular flexibility index (Phi) is 10.5. The van der Waals surface area contributed by atoms with E-state index in [9.17, 15) is 0 Å². The van der Waals surface area contributed by atoms with Crippen LogP contribution in [-0.4, -0.2) is 51.1 Å². The van der Waals surface area contributed by atoms with Crippen LogP contribution in [0.5, 0.6) is 11.5 Å². The van der Waals surface area contributed by atoms with Crippen LogP contribution in [0.4, 0.5) is 0 Å². The molecule has 0 amide bonds. The Morgan fingerprint density at radius 1 is 1.19 bits per heavy atom. The van der Waals surface area contributed by atoms with E-state index in [0.717, 1.165) is 54.3 Å². The van der Waals surface area contributed by atoms with E-state index < -0.39 is 0 Å². The Balaban J connectivity index is 2.46. The summed E-state index contributed by atoms with van der Waals surface area (Å²) in [7, 11) is 3.68. The van der Waals surface area contributed by atoms with Crippen LogP contribution in [0.25, 0.3) is 0 Å². The molecule has 5 nitrogen and oxygen atoms in total. The maximum atomic E-state index is 6.03. The number of nitrogens with zero attached hydrogens (tertiary/aromatic N) is 2. The first-order valence-electron chi connectivity index (χ1n) is 9.27. The van der Waals surface area contributed by atoms with Gasteiger partial charge in [-0.05, 0) is 63.9 Å². The average Bonchev–Trinajstić information content (AvgIpc) is 2.60. The number of oxime groups is 1. The van der Waals surface area contributed by atoms with Gasteiger partial charge in [-0.2, -0.15) is 0 Å². The predicted molar refractivity (Wildman–Crippen MR) is 109 cm³/mol. The maximum absolute atomic E-state index is 6.03. The van der Waals surface area contributed by atoms with Crippen molar-refractivity contribution >= 4 is 5.71 Å². The molecule has 0 atom stereocenters. The normalized spacial score (nSPS) is 12.0. The number of benzene rings is 1. The van der Waals surface area contributed by atoms with Gasteiger partial charge in [0.05, 0.1) is 12.3 Å². The van der Waals surface area contributed by atoms with Crippen molar-refractivity contribution in [1.29, 1.82) is 0 Å². The molecule has 0 aliphatic carbocycles. The first-order valence-corrected chi connectivity index (χ1v) is 9.27. The molecule has 0 fully saturated rings. The van der Waals surface area contributed by atoms with Crippen LogP contribution in [-0.2, 0) is 4.84 Å². The Labute approximate surface area is 158 Å². The summed E-state index contributed by atoms with van der Waals surface area (Å²) in [5, 5.41) is 4.04. The van der Waals surface area contributed by atoms with Gasteiger partial charge < -0.3 is 19.2 Å². The molecule has 0 aliphatic rings. The van der Waals surface area contributed by atoms with E-state index in [-0.39, 0.29) is 0 Å². The lowest BCUT2D eigenvalue weighted by molar-refractivity contribution is 0.209. The van der Waals surface area contributed by atoms with Crippen molar-refractivity contribution in [2.45, 2.75) is 40.5 Å². The monoisotopic (exact) mass is 362 g/mol. The van der Waals surface area contributed by atoms with Crippen LogP contribution in [0.2, 0.25) is 0 Å². The van der Waals surface area contributed by atoms with Gasteiger partial charge in [0.1, 0.15) is 25.2 Å². The van der Waals surface area contributed by atoms with Crippen molar-refractivity contribution in [1.82, 2.24) is 4.90 Å². The molecular weight excluding hydrogens is 328 g/mol. The van der Waals surface area contributed by atoms with E-state index in [4.69, 9.17) is 14.3 Å². The Bertz CT molecular complexity index is 574. The molecule has 26 heavy (non-hydrogen) atoms. The first kappa shape index (κ1) is 22.0. The van der Waals surface area contributed by atoms with E-state index >= 15 is 0 Å². The highest BCUT2D eigenvalue weighted by Gasteiger charge is 2.08. The molecule has 0 saturated carbocycles. The standard InChI is InChI=1S/C21H34N2O3/c1-7-9-12-25-20-14-17(3)21(18(4)15-20)26-13-10-11-23(5)16-19(8-2)22-24-6/h7,9,14-15H,8,10-13,16H2,1-6H3/b9-7+,22-19+. The quantitative estimate of drug-likeness (QED) is 0.240. The van der Waals surface area contributed by atoms with E-state index in [1.54, 1.807) is 7.11 Å². The second-order valence-electron chi connectivity index (χ2n) is 6.40. The molecule has 5 heteroatoms. The third-order valence-corrected chi connectivity index (χ3v) is 4.03. The fourth-order valence-corrected chi connectivity index (χ4v) is 2.70. The minimum absolute atomic E-state index is 0.591. The number of hydrogen-bond donors (Lipinski definition) is 0. The number of rotatable bonds is 12. The number of hydrogen-bond acceptors (Lipinski definition) is 5. The smallest absolute Gasteiger partial charge is 0.125 e. The molecule has 1 aromatic carbocycles. The minimum atomic E-state index is 0.591. The fraction of sp³-hybridized carbons (Fsp3) is 0.571. The van der Waals surface area contributed by atoms with Crippen LogP contribution < -0.4 is 9.47 Å². The molecule has 1 rings (SSSR count). The van der Waals surface area contributed by atoms with Gasteiger partial charge in [-0.25, -0.2) is 0 Å². The molecule has 0 heterocycles. The van der Waals surface area contributed by atoms with Gasteiger partial charge in [-0.1, -0.05) is 24.2 Å². The largest absolute Gasteiger partial charge is 0.493 e. The van der Waals surface area contributed by atoms with E-state index in [2.05, 4.69) is 37.9 Å². The van der Waals surface area contributed by atoms with Crippen molar-refractivity contribution in [3.63, 3.8) is 0 Å². The summed E-state index contributed by atoms with van der Waals surface area (Å²) in [5.41, 5.74) is 3.26. The fourth-order valence-electron chi connectivity index (χ4n) is 2.70. The number of ether oxygens (including phenoxy) is 2. The molecule has 146 valence electrons. The van der Waals surface area contributed by atoms with Crippen molar-refractivity contribution in [2.24, 2.45) is 5.16 Å². The second kappa shape index (κ2) is 12.4. The summed E-state index contributed by atoms with van der Waals surface area (Å²) in [5.74, 6) is 1.84. The van der Waals surface area contributed by atoms with Crippen LogP contribution in [0.1, 0.15) is 37.8 Å². The van der Waals surface area contributed by atoms with Gasteiger partial charge >= 0.3 is 0 Å². The summed E-state index contributed by atoms with van der Waals surface area (Å²) in [4.78, 5) is 7.11. The van der Waals surface area contributed by atoms with Gasteiger partial charge in [0, 0.05) is 13.1 Å². The second-order valence-corrected chi connectivity index (χ2v) is 6.40. The molecule has 0 radical (unpaired) electrons. The van der Waals surface area contributed by atoms with E-state index in [1.165, 1.54) is 0 Å². The van der Waals surface area contributed by atoms with Gasteiger partial charge in [-0.15, -0.1) is 0 Å². The zero-order valence-corrected chi connectivity index (χ0v) is 17.2. The highest BCUT2D eigenvalue weighted by molar-refractivity contribution is 5.85. The molecule has 0 aromatic heterocycles. The predicted octanol–water partition coefficient (Wildman–Crippen LogP) is 4.37. The lowest BCUT2D eigenvalue weighted by atomic mass is 10.1. The third kappa shape index (κ3) is 7.91. The molecule has 0 spiro atoms. The van der Waals surface area contributed by atoms with Crippen molar-refractivity contribution in [2.75, 3.05) is 40.5 Å². The van der Waals surface area contributed by atoms with Crippen LogP contribution in [0, 0.1) is 13.8 Å². The molecule has 0 saturated heterocycles. The van der Waals surface area contributed by atoms with Gasteiger partial charge in [0.25, 0.3) is 0 Å². The highest BCUT2D eigenvalue weighted by atomic mass is 16.6. The molecule has 0 N–H and O–H groups in total. The van der Waals surface area contributed by atoms with Crippen LogP contribution >= 0.6 is 0 Å². The number of allylic oxidation sites excluding steroid dienone is 1. The Morgan fingerprint density at radius 3 is 2.46 bits per heavy atom. The zero-order chi connectivity index (χ0) is 19.4. The summed E-state index contributed by atoms with van der Waals surface area (Å²) >= 11 is 0. The summed E-state index contributed by atoms with van der Waals surface area (Å²) in [6, 6.07) is 4.07. The van der Waals surface area contributed by atoms with Crippen molar-refractivity contribution in [3.05, 3.63) is 35.4 Å². The summed E-state index contributed by atoms with van der Waals surface area (Å²) in [6.07, 6.45) is 5.83. The third-order valence-electron chi connectivity index (χ3n) is 4.03.